The lowest BCUT2D eigenvalue weighted by Gasteiger charge is -2.29. The second kappa shape index (κ2) is 2.27. The SMILES string of the molecule is CC1C(O)=C(O)C=CC1(C)O. The fraction of sp³-hybridized carbons (Fsp3) is 0.500. The summed E-state index contributed by atoms with van der Waals surface area (Å²) in [5.74, 6) is -0.769. The van der Waals surface area contributed by atoms with E-state index in [1.165, 1.54) is 12.2 Å². The molecule has 0 amide bonds. The van der Waals surface area contributed by atoms with Crippen molar-refractivity contribution in [2.24, 2.45) is 5.92 Å². The smallest absolute Gasteiger partial charge is 0.153 e. The lowest BCUT2D eigenvalue weighted by atomic mass is 9.85. The van der Waals surface area contributed by atoms with E-state index >= 15 is 0 Å². The fourth-order valence-corrected chi connectivity index (χ4v) is 0.976. The Hall–Kier alpha value is -0.960. The minimum Gasteiger partial charge on any atom is -0.508 e. The molecule has 0 radical (unpaired) electrons. The zero-order chi connectivity index (χ0) is 8.65. The van der Waals surface area contributed by atoms with Crippen LogP contribution in [-0.4, -0.2) is 20.9 Å². The summed E-state index contributed by atoms with van der Waals surface area (Å²) < 4.78 is 0. The Kier molecular flexibility index (Phi) is 1.68. The van der Waals surface area contributed by atoms with Crippen LogP contribution in [0.1, 0.15) is 13.8 Å². The number of rotatable bonds is 0. The van der Waals surface area contributed by atoms with Gasteiger partial charge in [0.05, 0.1) is 5.60 Å². The molecule has 0 fully saturated rings. The van der Waals surface area contributed by atoms with Crippen LogP contribution in [0.25, 0.3) is 0 Å². The highest BCUT2D eigenvalue weighted by atomic mass is 16.3. The van der Waals surface area contributed by atoms with E-state index in [0.717, 1.165) is 0 Å². The average molecular weight is 156 g/mol. The minimum absolute atomic E-state index is 0.155. The van der Waals surface area contributed by atoms with Crippen molar-refractivity contribution >= 4 is 0 Å². The molecule has 1 rings (SSSR count). The molecule has 1 aliphatic carbocycles. The first-order valence-electron chi connectivity index (χ1n) is 3.49. The Morgan fingerprint density at radius 1 is 1.45 bits per heavy atom. The van der Waals surface area contributed by atoms with Crippen molar-refractivity contribution in [2.75, 3.05) is 0 Å². The Labute approximate surface area is 65.3 Å². The van der Waals surface area contributed by atoms with Crippen molar-refractivity contribution in [3.63, 3.8) is 0 Å². The lowest BCUT2D eigenvalue weighted by Crippen LogP contribution is -2.34. The first-order valence-corrected chi connectivity index (χ1v) is 3.49. The van der Waals surface area contributed by atoms with Crippen LogP contribution >= 0.6 is 0 Å². The van der Waals surface area contributed by atoms with E-state index in [9.17, 15) is 10.2 Å². The minimum atomic E-state index is -1.06. The summed E-state index contributed by atoms with van der Waals surface area (Å²) >= 11 is 0. The van der Waals surface area contributed by atoms with Crippen LogP contribution in [-0.2, 0) is 0 Å². The topological polar surface area (TPSA) is 60.7 Å². The summed E-state index contributed by atoms with van der Waals surface area (Å²) in [4.78, 5) is 0. The molecular formula is C8H12O3. The average Bonchev–Trinajstić information content (AvgIpc) is 1.95. The molecule has 0 saturated carbocycles. The summed E-state index contributed by atoms with van der Waals surface area (Å²) in [5.41, 5.74) is -1.06. The van der Waals surface area contributed by atoms with Gasteiger partial charge in [0.25, 0.3) is 0 Å². The second-order valence-corrected chi connectivity index (χ2v) is 3.05. The molecule has 2 atom stereocenters. The molecule has 0 heterocycles. The van der Waals surface area contributed by atoms with E-state index in [-0.39, 0.29) is 11.5 Å². The van der Waals surface area contributed by atoms with Gasteiger partial charge in [-0.2, -0.15) is 0 Å². The van der Waals surface area contributed by atoms with Crippen molar-refractivity contribution in [3.05, 3.63) is 23.7 Å². The third kappa shape index (κ3) is 1.24. The summed E-state index contributed by atoms with van der Waals surface area (Å²) in [7, 11) is 0. The molecule has 3 heteroatoms. The predicted octanol–water partition coefficient (Wildman–Crippen LogP) is 1.27. The van der Waals surface area contributed by atoms with Crippen LogP contribution in [0.2, 0.25) is 0 Å². The van der Waals surface area contributed by atoms with Crippen molar-refractivity contribution in [1.82, 2.24) is 0 Å². The normalized spacial score (nSPS) is 37.9. The lowest BCUT2D eigenvalue weighted by molar-refractivity contribution is 0.0438. The molecule has 1 aliphatic rings. The van der Waals surface area contributed by atoms with Gasteiger partial charge in [0.15, 0.2) is 5.76 Å². The highest BCUT2D eigenvalue weighted by Gasteiger charge is 2.32. The Bertz CT molecular complexity index is 225. The maximum Gasteiger partial charge on any atom is 0.153 e. The first-order chi connectivity index (χ1) is 4.95. The fourth-order valence-electron chi connectivity index (χ4n) is 0.976. The van der Waals surface area contributed by atoms with Crippen molar-refractivity contribution in [2.45, 2.75) is 19.4 Å². The summed E-state index contributed by atoms with van der Waals surface area (Å²) in [6.45, 7) is 3.23. The molecule has 3 N–H and O–H groups in total. The number of aliphatic hydroxyl groups excluding tert-OH is 2. The van der Waals surface area contributed by atoms with Crippen LogP contribution < -0.4 is 0 Å². The molecule has 11 heavy (non-hydrogen) atoms. The number of aliphatic hydroxyl groups is 3. The molecule has 62 valence electrons. The molecule has 0 aliphatic heterocycles. The molecule has 0 saturated heterocycles. The van der Waals surface area contributed by atoms with E-state index in [2.05, 4.69) is 0 Å². The summed E-state index contributed by atoms with van der Waals surface area (Å²) in [5, 5.41) is 27.8. The molecule has 2 unspecified atom stereocenters. The van der Waals surface area contributed by atoms with Crippen LogP contribution in [0, 0.1) is 5.92 Å². The van der Waals surface area contributed by atoms with E-state index in [1.807, 2.05) is 0 Å². The molecule has 0 aromatic rings. The van der Waals surface area contributed by atoms with Gasteiger partial charge in [0, 0.05) is 5.92 Å². The molecular weight excluding hydrogens is 144 g/mol. The van der Waals surface area contributed by atoms with Gasteiger partial charge in [-0.1, -0.05) is 6.92 Å². The van der Waals surface area contributed by atoms with Gasteiger partial charge in [-0.15, -0.1) is 0 Å². The van der Waals surface area contributed by atoms with Crippen molar-refractivity contribution in [3.8, 4) is 0 Å². The van der Waals surface area contributed by atoms with Gasteiger partial charge in [0.2, 0.25) is 0 Å². The third-order valence-electron chi connectivity index (χ3n) is 2.13. The van der Waals surface area contributed by atoms with Crippen LogP contribution in [0.15, 0.2) is 23.7 Å². The Balaban J connectivity index is 3.01. The predicted molar refractivity (Wildman–Crippen MR) is 41.2 cm³/mol. The molecule has 0 aromatic heterocycles. The standard InChI is InChI=1S/C8H12O3/c1-5-7(10)6(9)3-4-8(5,2)11/h3-5,9-11H,1-2H3. The summed E-state index contributed by atoms with van der Waals surface area (Å²) in [6.07, 6.45) is 2.77. The molecule has 3 nitrogen and oxygen atoms in total. The van der Waals surface area contributed by atoms with Gasteiger partial charge in [0.1, 0.15) is 5.76 Å². The molecule has 0 bridgehead atoms. The zero-order valence-corrected chi connectivity index (χ0v) is 6.57. The highest BCUT2D eigenvalue weighted by molar-refractivity contribution is 5.27. The van der Waals surface area contributed by atoms with Gasteiger partial charge in [-0.3, -0.25) is 0 Å². The van der Waals surface area contributed by atoms with E-state index < -0.39 is 11.5 Å². The maximum atomic E-state index is 9.54. The number of hydrogen-bond acceptors (Lipinski definition) is 3. The molecule has 0 aromatic carbocycles. The Morgan fingerprint density at radius 2 is 2.00 bits per heavy atom. The Morgan fingerprint density at radius 3 is 2.45 bits per heavy atom. The van der Waals surface area contributed by atoms with Crippen LogP contribution in [0.3, 0.4) is 0 Å². The van der Waals surface area contributed by atoms with Crippen molar-refractivity contribution < 1.29 is 15.3 Å². The highest BCUT2D eigenvalue weighted by Crippen LogP contribution is 2.29. The third-order valence-corrected chi connectivity index (χ3v) is 2.13. The molecule has 0 spiro atoms. The number of allylic oxidation sites excluding steroid dienone is 1. The largest absolute Gasteiger partial charge is 0.508 e. The van der Waals surface area contributed by atoms with Crippen molar-refractivity contribution in [1.29, 1.82) is 0 Å². The van der Waals surface area contributed by atoms with Gasteiger partial charge < -0.3 is 15.3 Å². The first kappa shape index (κ1) is 8.14. The van der Waals surface area contributed by atoms with Gasteiger partial charge >= 0.3 is 0 Å². The second-order valence-electron chi connectivity index (χ2n) is 3.05. The zero-order valence-electron chi connectivity index (χ0n) is 6.57. The van der Waals surface area contributed by atoms with E-state index in [0.29, 0.717) is 0 Å². The number of hydrogen-bond donors (Lipinski definition) is 3. The van der Waals surface area contributed by atoms with Crippen LogP contribution in [0.5, 0.6) is 0 Å². The summed E-state index contributed by atoms with van der Waals surface area (Å²) in [6, 6.07) is 0. The van der Waals surface area contributed by atoms with E-state index in [4.69, 9.17) is 5.11 Å². The van der Waals surface area contributed by atoms with Gasteiger partial charge in [-0.05, 0) is 19.1 Å². The monoisotopic (exact) mass is 156 g/mol. The van der Waals surface area contributed by atoms with Crippen LogP contribution in [0.4, 0.5) is 0 Å². The van der Waals surface area contributed by atoms with Gasteiger partial charge in [-0.25, -0.2) is 0 Å². The maximum absolute atomic E-state index is 9.54. The van der Waals surface area contributed by atoms with E-state index in [1.54, 1.807) is 13.8 Å². The quantitative estimate of drug-likeness (QED) is 0.495.